The lowest BCUT2D eigenvalue weighted by Gasteiger charge is -2.05. The number of hydrogen-bond donors (Lipinski definition) is 2. The van der Waals surface area contributed by atoms with Gasteiger partial charge in [-0.1, -0.05) is 0 Å². The molecule has 0 amide bonds. The first-order valence-corrected chi connectivity index (χ1v) is 4.24. The van der Waals surface area contributed by atoms with Gasteiger partial charge in [0, 0.05) is 24.0 Å². The maximum atomic E-state index is 5.74. The number of nitrogens with one attached hydrogen (secondary N) is 1. The summed E-state index contributed by atoms with van der Waals surface area (Å²) in [5.41, 5.74) is 7.59. The molecule has 1 aromatic heterocycles. The summed E-state index contributed by atoms with van der Waals surface area (Å²) in [7, 11) is 0. The van der Waals surface area contributed by atoms with Gasteiger partial charge in [0.1, 0.15) is 5.82 Å². The summed E-state index contributed by atoms with van der Waals surface area (Å²) >= 11 is 0. The third-order valence-corrected chi connectivity index (χ3v) is 2.07. The summed E-state index contributed by atoms with van der Waals surface area (Å²) < 4.78 is 0. The Balaban J connectivity index is 2.15. The van der Waals surface area contributed by atoms with Gasteiger partial charge in [-0.2, -0.15) is 0 Å². The Hall–Kier alpha value is -1.25. The molecule has 0 saturated heterocycles. The maximum Gasteiger partial charge on any atom is 0.128 e. The molecule has 0 unspecified atom stereocenters. The highest BCUT2D eigenvalue weighted by Gasteiger charge is 2.21. The fourth-order valence-electron chi connectivity index (χ4n) is 1.06. The topological polar surface area (TPSA) is 50.9 Å². The van der Waals surface area contributed by atoms with Crippen LogP contribution in [0.25, 0.3) is 0 Å². The summed E-state index contributed by atoms with van der Waals surface area (Å²) in [6, 6.07) is 2.54. The fourth-order valence-corrected chi connectivity index (χ4v) is 1.06. The van der Waals surface area contributed by atoms with E-state index in [-0.39, 0.29) is 0 Å². The van der Waals surface area contributed by atoms with E-state index in [1.165, 1.54) is 12.8 Å². The maximum absolute atomic E-state index is 5.74. The largest absolute Gasteiger partial charge is 0.398 e. The minimum absolute atomic E-state index is 0.639. The van der Waals surface area contributed by atoms with E-state index < -0.39 is 0 Å². The zero-order chi connectivity index (χ0) is 8.55. The van der Waals surface area contributed by atoms with E-state index in [2.05, 4.69) is 10.3 Å². The summed E-state index contributed by atoms with van der Waals surface area (Å²) in [4.78, 5) is 4.23. The van der Waals surface area contributed by atoms with Crippen molar-refractivity contribution < 1.29 is 0 Å². The molecule has 3 nitrogen and oxygen atoms in total. The lowest BCUT2D eigenvalue weighted by molar-refractivity contribution is 1.11. The number of aryl methyl sites for hydroxylation is 1. The molecule has 0 radical (unpaired) electrons. The van der Waals surface area contributed by atoms with Crippen LogP contribution in [0.2, 0.25) is 0 Å². The first kappa shape index (κ1) is 7.40. The second-order valence-corrected chi connectivity index (χ2v) is 3.34. The summed E-state index contributed by atoms with van der Waals surface area (Å²) in [5, 5.41) is 3.29. The highest BCUT2D eigenvalue weighted by molar-refractivity contribution is 5.54. The van der Waals surface area contributed by atoms with Crippen LogP contribution in [-0.2, 0) is 0 Å². The molecule has 1 aromatic rings. The van der Waals surface area contributed by atoms with E-state index in [9.17, 15) is 0 Å². The third-order valence-electron chi connectivity index (χ3n) is 2.07. The summed E-state index contributed by atoms with van der Waals surface area (Å²) in [6.07, 6.45) is 4.32. The van der Waals surface area contributed by atoms with E-state index in [4.69, 9.17) is 5.73 Å². The van der Waals surface area contributed by atoms with Crippen molar-refractivity contribution in [3.63, 3.8) is 0 Å². The van der Waals surface area contributed by atoms with Gasteiger partial charge in [0.2, 0.25) is 0 Å². The predicted octanol–water partition coefficient (Wildman–Crippen LogP) is 1.55. The van der Waals surface area contributed by atoms with Crippen molar-refractivity contribution >= 4 is 11.5 Å². The lowest BCUT2D eigenvalue weighted by atomic mass is 10.2. The number of nitrogen functional groups attached to an aromatic ring is 1. The van der Waals surface area contributed by atoms with E-state index in [1.54, 1.807) is 6.20 Å². The van der Waals surface area contributed by atoms with E-state index >= 15 is 0 Å². The monoisotopic (exact) mass is 163 g/mol. The molecule has 2 rings (SSSR count). The highest BCUT2D eigenvalue weighted by Crippen LogP contribution is 2.24. The van der Waals surface area contributed by atoms with Crippen molar-refractivity contribution in [2.24, 2.45) is 0 Å². The van der Waals surface area contributed by atoms with E-state index in [0.29, 0.717) is 6.04 Å². The number of pyridine rings is 1. The van der Waals surface area contributed by atoms with E-state index in [0.717, 1.165) is 17.1 Å². The molecule has 64 valence electrons. The second kappa shape index (κ2) is 2.66. The van der Waals surface area contributed by atoms with Gasteiger partial charge in [-0.25, -0.2) is 4.98 Å². The molecule has 12 heavy (non-hydrogen) atoms. The average molecular weight is 163 g/mol. The zero-order valence-electron chi connectivity index (χ0n) is 7.17. The van der Waals surface area contributed by atoms with Crippen LogP contribution in [-0.4, -0.2) is 11.0 Å². The van der Waals surface area contributed by atoms with Crippen molar-refractivity contribution in [2.75, 3.05) is 11.1 Å². The van der Waals surface area contributed by atoms with Gasteiger partial charge in [-0.05, 0) is 25.3 Å². The van der Waals surface area contributed by atoms with Crippen LogP contribution >= 0.6 is 0 Å². The number of rotatable bonds is 2. The molecule has 3 heteroatoms. The Kier molecular flexibility index (Phi) is 1.64. The van der Waals surface area contributed by atoms with Gasteiger partial charge >= 0.3 is 0 Å². The molecule has 1 saturated carbocycles. The first-order chi connectivity index (χ1) is 5.75. The van der Waals surface area contributed by atoms with E-state index in [1.807, 2.05) is 13.0 Å². The second-order valence-electron chi connectivity index (χ2n) is 3.34. The van der Waals surface area contributed by atoms with Gasteiger partial charge < -0.3 is 11.1 Å². The summed E-state index contributed by atoms with van der Waals surface area (Å²) in [6.45, 7) is 1.96. The normalized spacial score (nSPS) is 16.1. The van der Waals surface area contributed by atoms with Crippen LogP contribution in [0.3, 0.4) is 0 Å². The molecule has 1 fully saturated rings. The van der Waals surface area contributed by atoms with Crippen LogP contribution in [0.4, 0.5) is 11.5 Å². The van der Waals surface area contributed by atoms with Gasteiger partial charge in [-0.3, -0.25) is 0 Å². The molecule has 0 aromatic carbocycles. The Morgan fingerprint density at radius 1 is 1.58 bits per heavy atom. The minimum atomic E-state index is 0.639. The van der Waals surface area contributed by atoms with Gasteiger partial charge in [0.05, 0.1) is 0 Å². The molecular weight excluding hydrogens is 150 g/mol. The molecule has 1 aliphatic carbocycles. The van der Waals surface area contributed by atoms with Crippen LogP contribution < -0.4 is 11.1 Å². The predicted molar refractivity (Wildman–Crippen MR) is 50.0 cm³/mol. The number of hydrogen-bond acceptors (Lipinski definition) is 3. The van der Waals surface area contributed by atoms with Gasteiger partial charge in [-0.15, -0.1) is 0 Å². The summed E-state index contributed by atoms with van der Waals surface area (Å²) in [5.74, 6) is 0.903. The Morgan fingerprint density at radius 3 is 2.92 bits per heavy atom. The Bertz CT molecular complexity index is 292. The molecule has 0 aliphatic heterocycles. The molecule has 0 atom stereocenters. The van der Waals surface area contributed by atoms with Crippen molar-refractivity contribution in [1.82, 2.24) is 4.98 Å². The highest BCUT2D eigenvalue weighted by atomic mass is 15.0. The SMILES string of the molecule is Cc1cnc(NC2CC2)cc1N. The standard InChI is InChI=1S/C9H13N3/c1-6-5-11-9(4-8(6)10)12-7-2-3-7/h4-5,7H,2-3H2,1H3,(H3,10,11,12). The Labute approximate surface area is 72.0 Å². The quantitative estimate of drug-likeness (QED) is 0.695. The third kappa shape index (κ3) is 1.49. The van der Waals surface area contributed by atoms with Gasteiger partial charge in [0.15, 0.2) is 0 Å². The number of anilines is 2. The van der Waals surface area contributed by atoms with Crippen molar-refractivity contribution in [3.05, 3.63) is 17.8 Å². The number of aromatic nitrogens is 1. The molecular formula is C9H13N3. The van der Waals surface area contributed by atoms with Crippen molar-refractivity contribution in [1.29, 1.82) is 0 Å². The minimum Gasteiger partial charge on any atom is -0.398 e. The fraction of sp³-hybridized carbons (Fsp3) is 0.444. The first-order valence-electron chi connectivity index (χ1n) is 4.24. The van der Waals surface area contributed by atoms with Crippen LogP contribution in [0, 0.1) is 6.92 Å². The average Bonchev–Trinajstić information content (AvgIpc) is 2.81. The molecule has 1 aliphatic rings. The van der Waals surface area contributed by atoms with Crippen LogP contribution in [0.5, 0.6) is 0 Å². The Morgan fingerprint density at radius 2 is 2.33 bits per heavy atom. The molecule has 1 heterocycles. The number of nitrogens with zero attached hydrogens (tertiary/aromatic N) is 1. The number of nitrogens with two attached hydrogens (primary N) is 1. The molecule has 0 bridgehead atoms. The van der Waals surface area contributed by atoms with Crippen molar-refractivity contribution in [2.45, 2.75) is 25.8 Å². The lowest BCUT2D eigenvalue weighted by Crippen LogP contribution is -2.04. The van der Waals surface area contributed by atoms with Crippen LogP contribution in [0.1, 0.15) is 18.4 Å². The molecule has 3 N–H and O–H groups in total. The van der Waals surface area contributed by atoms with Crippen molar-refractivity contribution in [3.8, 4) is 0 Å². The van der Waals surface area contributed by atoms with Crippen LogP contribution in [0.15, 0.2) is 12.3 Å². The molecule has 0 spiro atoms. The van der Waals surface area contributed by atoms with Gasteiger partial charge in [0.25, 0.3) is 0 Å². The zero-order valence-corrected chi connectivity index (χ0v) is 7.17. The smallest absolute Gasteiger partial charge is 0.128 e.